The third kappa shape index (κ3) is 1.66. The van der Waals surface area contributed by atoms with Crippen molar-refractivity contribution in [1.82, 2.24) is 0 Å². The highest BCUT2D eigenvalue weighted by molar-refractivity contribution is 6.06. The second kappa shape index (κ2) is 4.45. The minimum atomic E-state index is 0.0391. The van der Waals surface area contributed by atoms with Crippen molar-refractivity contribution in [2.45, 2.75) is 18.8 Å². The Balaban J connectivity index is 1.83. The molecular formula is C19H16O. The van der Waals surface area contributed by atoms with Crippen molar-refractivity contribution in [3.05, 3.63) is 71.8 Å². The molecule has 1 heteroatoms. The molecule has 0 radical (unpaired) electrons. The molecule has 1 saturated carbocycles. The van der Waals surface area contributed by atoms with Crippen LogP contribution in [0.1, 0.15) is 24.3 Å². The van der Waals surface area contributed by atoms with Crippen molar-refractivity contribution in [3.8, 4) is 0 Å². The van der Waals surface area contributed by atoms with Crippen LogP contribution in [0.2, 0.25) is 0 Å². The minimum absolute atomic E-state index is 0.0391. The van der Waals surface area contributed by atoms with Gasteiger partial charge in [0.15, 0.2) is 5.78 Å². The molecule has 2 aliphatic rings. The van der Waals surface area contributed by atoms with E-state index in [1.165, 1.54) is 16.3 Å². The first-order valence-corrected chi connectivity index (χ1v) is 7.23. The monoisotopic (exact) mass is 260 g/mol. The number of rotatable bonds is 1. The molecule has 2 aromatic carbocycles. The summed E-state index contributed by atoms with van der Waals surface area (Å²) in [5, 5.41) is 2.44. The van der Waals surface area contributed by atoms with E-state index in [2.05, 4.69) is 48.5 Å². The highest BCUT2D eigenvalue weighted by Crippen LogP contribution is 2.44. The molecule has 0 aliphatic heterocycles. The van der Waals surface area contributed by atoms with E-state index in [4.69, 9.17) is 0 Å². The minimum Gasteiger partial charge on any atom is -0.294 e. The van der Waals surface area contributed by atoms with E-state index in [-0.39, 0.29) is 5.92 Å². The maximum Gasteiger partial charge on any atom is 0.166 e. The maximum atomic E-state index is 12.7. The molecule has 0 aromatic heterocycles. The predicted molar refractivity (Wildman–Crippen MR) is 81.6 cm³/mol. The van der Waals surface area contributed by atoms with Crippen molar-refractivity contribution in [3.63, 3.8) is 0 Å². The van der Waals surface area contributed by atoms with Crippen molar-refractivity contribution < 1.29 is 4.79 Å². The number of allylic oxidation sites excluding steroid dienone is 4. The van der Waals surface area contributed by atoms with Crippen LogP contribution in [0.25, 0.3) is 10.8 Å². The Hall–Kier alpha value is -2.15. The van der Waals surface area contributed by atoms with Crippen LogP contribution in [-0.2, 0) is 4.79 Å². The van der Waals surface area contributed by atoms with E-state index >= 15 is 0 Å². The molecule has 0 bridgehead atoms. The van der Waals surface area contributed by atoms with Gasteiger partial charge in [0.25, 0.3) is 0 Å². The van der Waals surface area contributed by atoms with Crippen LogP contribution in [-0.4, -0.2) is 5.78 Å². The van der Waals surface area contributed by atoms with Crippen molar-refractivity contribution >= 4 is 16.6 Å². The first-order valence-electron chi connectivity index (χ1n) is 7.23. The molecule has 0 amide bonds. The number of hydrogen-bond acceptors (Lipinski definition) is 1. The second-order valence-corrected chi connectivity index (χ2v) is 5.70. The first kappa shape index (κ1) is 11.7. The van der Waals surface area contributed by atoms with Crippen molar-refractivity contribution in [2.24, 2.45) is 5.92 Å². The summed E-state index contributed by atoms with van der Waals surface area (Å²) in [6, 6.07) is 14.7. The SMILES string of the molecule is O=C1C2=CC=CCC2CC1c1cccc2ccccc12. The van der Waals surface area contributed by atoms with Gasteiger partial charge in [-0.2, -0.15) is 0 Å². The van der Waals surface area contributed by atoms with E-state index in [0.29, 0.717) is 11.7 Å². The number of Topliss-reactive ketones (excluding diaryl/α,β-unsaturated/α-hetero) is 1. The van der Waals surface area contributed by atoms with Crippen LogP contribution >= 0.6 is 0 Å². The summed E-state index contributed by atoms with van der Waals surface area (Å²) >= 11 is 0. The van der Waals surface area contributed by atoms with Gasteiger partial charge in [-0.05, 0) is 40.7 Å². The molecule has 0 spiro atoms. The molecule has 1 fully saturated rings. The van der Waals surface area contributed by atoms with Crippen LogP contribution in [0.4, 0.5) is 0 Å². The number of benzene rings is 2. The van der Waals surface area contributed by atoms with Gasteiger partial charge in [0.05, 0.1) is 0 Å². The fourth-order valence-electron chi connectivity index (χ4n) is 3.60. The third-order valence-electron chi connectivity index (χ3n) is 4.59. The van der Waals surface area contributed by atoms with Crippen LogP contribution in [0.5, 0.6) is 0 Å². The molecular weight excluding hydrogens is 244 g/mol. The van der Waals surface area contributed by atoms with E-state index < -0.39 is 0 Å². The zero-order valence-corrected chi connectivity index (χ0v) is 11.3. The molecule has 4 rings (SSSR count). The lowest BCUT2D eigenvalue weighted by molar-refractivity contribution is -0.115. The molecule has 1 nitrogen and oxygen atoms in total. The quantitative estimate of drug-likeness (QED) is 0.742. The van der Waals surface area contributed by atoms with Crippen molar-refractivity contribution in [1.29, 1.82) is 0 Å². The number of carbonyl (C=O) groups excluding carboxylic acids is 1. The zero-order valence-electron chi connectivity index (χ0n) is 11.3. The Kier molecular flexibility index (Phi) is 2.59. The Morgan fingerprint density at radius 1 is 1.00 bits per heavy atom. The lowest BCUT2D eigenvalue weighted by atomic mass is 9.90. The largest absolute Gasteiger partial charge is 0.294 e. The Labute approximate surface area is 118 Å². The fraction of sp³-hybridized carbons (Fsp3) is 0.211. The molecule has 2 unspecified atom stereocenters. The maximum absolute atomic E-state index is 12.7. The smallest absolute Gasteiger partial charge is 0.166 e. The van der Waals surface area contributed by atoms with Gasteiger partial charge in [0, 0.05) is 5.92 Å². The van der Waals surface area contributed by atoms with Crippen LogP contribution in [0, 0.1) is 5.92 Å². The standard InChI is InChI=1S/C19H16O/c20-19-16-10-4-2-7-14(16)12-18(19)17-11-5-8-13-6-1-3-9-15(13)17/h1-6,8-11,14,18H,7,12H2. The predicted octanol–water partition coefficient (Wildman–Crippen LogP) is 4.40. The van der Waals surface area contributed by atoms with Gasteiger partial charge in [-0.3, -0.25) is 4.79 Å². The van der Waals surface area contributed by atoms with Crippen LogP contribution in [0.15, 0.2) is 66.3 Å². The van der Waals surface area contributed by atoms with Gasteiger partial charge >= 0.3 is 0 Å². The summed E-state index contributed by atoms with van der Waals surface area (Å²) < 4.78 is 0. The second-order valence-electron chi connectivity index (χ2n) is 5.70. The molecule has 2 aliphatic carbocycles. The van der Waals surface area contributed by atoms with E-state index in [1.54, 1.807) is 0 Å². The zero-order chi connectivity index (χ0) is 13.5. The van der Waals surface area contributed by atoms with E-state index in [1.807, 2.05) is 12.2 Å². The molecule has 98 valence electrons. The topological polar surface area (TPSA) is 17.1 Å². The van der Waals surface area contributed by atoms with Gasteiger partial charge in [-0.1, -0.05) is 60.7 Å². The van der Waals surface area contributed by atoms with Gasteiger partial charge < -0.3 is 0 Å². The summed E-state index contributed by atoms with van der Waals surface area (Å²) in [7, 11) is 0. The average molecular weight is 260 g/mol. The molecule has 0 heterocycles. The average Bonchev–Trinajstić information content (AvgIpc) is 2.84. The van der Waals surface area contributed by atoms with Gasteiger partial charge in [-0.15, -0.1) is 0 Å². The Bertz CT molecular complexity index is 746. The molecule has 2 aromatic rings. The normalized spacial score (nSPS) is 24.8. The van der Waals surface area contributed by atoms with Crippen LogP contribution < -0.4 is 0 Å². The number of carbonyl (C=O) groups is 1. The Morgan fingerprint density at radius 2 is 1.85 bits per heavy atom. The lowest BCUT2D eigenvalue weighted by Crippen LogP contribution is -2.07. The number of ketones is 1. The van der Waals surface area contributed by atoms with Gasteiger partial charge in [0.1, 0.15) is 0 Å². The molecule has 20 heavy (non-hydrogen) atoms. The van der Waals surface area contributed by atoms with E-state index in [9.17, 15) is 4.79 Å². The van der Waals surface area contributed by atoms with Crippen LogP contribution in [0.3, 0.4) is 0 Å². The van der Waals surface area contributed by atoms with E-state index in [0.717, 1.165) is 18.4 Å². The van der Waals surface area contributed by atoms with Gasteiger partial charge in [0.2, 0.25) is 0 Å². The van der Waals surface area contributed by atoms with Gasteiger partial charge in [-0.25, -0.2) is 0 Å². The number of fused-ring (bicyclic) bond motifs is 2. The molecule has 2 atom stereocenters. The lowest BCUT2D eigenvalue weighted by Gasteiger charge is -2.12. The summed E-state index contributed by atoms with van der Waals surface area (Å²) in [5.74, 6) is 0.796. The number of hydrogen-bond donors (Lipinski definition) is 0. The summed E-state index contributed by atoms with van der Waals surface area (Å²) in [4.78, 5) is 12.7. The summed E-state index contributed by atoms with van der Waals surface area (Å²) in [6.45, 7) is 0. The highest BCUT2D eigenvalue weighted by Gasteiger charge is 2.38. The highest BCUT2D eigenvalue weighted by atomic mass is 16.1. The summed E-state index contributed by atoms with van der Waals surface area (Å²) in [5.41, 5.74) is 2.23. The summed E-state index contributed by atoms with van der Waals surface area (Å²) in [6.07, 6.45) is 8.19. The molecule has 0 N–H and O–H groups in total. The first-order chi connectivity index (χ1) is 9.84. The van der Waals surface area contributed by atoms with Crippen molar-refractivity contribution in [2.75, 3.05) is 0 Å². The third-order valence-corrected chi connectivity index (χ3v) is 4.59. The molecule has 0 saturated heterocycles. The Morgan fingerprint density at radius 3 is 2.75 bits per heavy atom. The fourth-order valence-corrected chi connectivity index (χ4v) is 3.60.